The van der Waals surface area contributed by atoms with Crippen molar-refractivity contribution < 1.29 is 0 Å². The van der Waals surface area contributed by atoms with Gasteiger partial charge in [0.25, 0.3) is 0 Å². The van der Waals surface area contributed by atoms with Crippen molar-refractivity contribution in [1.82, 2.24) is 28.9 Å². The lowest BCUT2D eigenvalue weighted by Gasteiger charge is -2.34. The number of hydrogen-bond acceptors (Lipinski definition) is 4. The highest BCUT2D eigenvalue weighted by atomic mass is 28.3. The van der Waals surface area contributed by atoms with Crippen LogP contribution in [0.3, 0.4) is 0 Å². The predicted octanol–water partition coefficient (Wildman–Crippen LogP) is 8.71. The first-order chi connectivity index (χ1) is 35.7. The Balaban J connectivity index is 1.05. The van der Waals surface area contributed by atoms with Gasteiger partial charge < -0.3 is 0 Å². The summed E-state index contributed by atoms with van der Waals surface area (Å²) in [4.78, 5) is 21.6. The Morgan fingerprint density at radius 1 is 0.264 bits per heavy atom. The summed E-state index contributed by atoms with van der Waals surface area (Å²) in [6.07, 6.45) is 0. The third-order valence-corrected chi connectivity index (χ3v) is 23.8. The number of aromatic nitrogens is 6. The van der Waals surface area contributed by atoms with Crippen molar-refractivity contribution in [2.75, 3.05) is 0 Å². The molecule has 0 radical (unpaired) electrons. The van der Waals surface area contributed by atoms with Crippen LogP contribution in [0.4, 0.5) is 0 Å². The SMILES string of the molecule is c1ccc(-c2nc(-c3cccc([Si](c4ccccc4)(c4ccccc4)c4ccccc4)c3)nc(-n3c4ccccc4n4c5cc([Si](c6ccccc6)(c6ccccc6)c6ccccc6)ccc5nc34)n2)cc1. The van der Waals surface area contributed by atoms with Gasteiger partial charge >= 0.3 is 0 Å². The molecular formula is C64H46N6Si2. The molecule has 0 aliphatic rings. The largest absolute Gasteiger partial charge is 0.276 e. The fraction of sp³-hybridized carbons (Fsp3) is 0. The second-order valence-electron chi connectivity index (χ2n) is 18.2. The van der Waals surface area contributed by atoms with Gasteiger partial charge in [0, 0.05) is 11.1 Å². The second-order valence-corrected chi connectivity index (χ2v) is 25.8. The van der Waals surface area contributed by atoms with Crippen LogP contribution in [0.5, 0.6) is 0 Å². The van der Waals surface area contributed by atoms with E-state index < -0.39 is 16.1 Å². The summed E-state index contributed by atoms with van der Waals surface area (Å²) in [5.74, 6) is 2.38. The lowest BCUT2D eigenvalue weighted by atomic mass is 10.2. The van der Waals surface area contributed by atoms with Gasteiger partial charge in [0.05, 0.1) is 22.1 Å². The number of hydrogen-bond donors (Lipinski definition) is 0. The second kappa shape index (κ2) is 18.0. The highest BCUT2D eigenvalue weighted by Gasteiger charge is 2.43. The lowest BCUT2D eigenvalue weighted by molar-refractivity contribution is 0.937. The van der Waals surface area contributed by atoms with Gasteiger partial charge in [-0.15, -0.1) is 0 Å². The van der Waals surface area contributed by atoms with Gasteiger partial charge in [0.15, 0.2) is 27.8 Å². The first-order valence-electron chi connectivity index (χ1n) is 24.4. The number of rotatable bonds is 11. The number of nitrogens with zero attached hydrogens (tertiary/aromatic N) is 6. The third-order valence-electron chi connectivity index (χ3n) is 14.3. The normalized spacial score (nSPS) is 11.9. The Bertz CT molecular complexity index is 3830. The van der Waals surface area contributed by atoms with Crippen LogP contribution < -0.4 is 41.5 Å². The Hall–Kier alpha value is -9.09. The molecule has 0 fully saturated rings. The summed E-state index contributed by atoms with van der Waals surface area (Å²) in [5, 5.41) is 10.3. The lowest BCUT2D eigenvalue weighted by Crippen LogP contribution is -2.74. The van der Waals surface area contributed by atoms with Crippen molar-refractivity contribution >= 4 is 85.5 Å². The molecule has 3 aromatic heterocycles. The summed E-state index contributed by atoms with van der Waals surface area (Å²) in [5.41, 5.74) is 5.66. The van der Waals surface area contributed by atoms with Gasteiger partial charge in [-0.25, -0.2) is 14.5 Å². The molecule has 0 aliphatic heterocycles. The standard InChI is InChI=1S/C64H46N6Si2/c1-8-25-47(26-9-1)61-66-62(48-27-24-40-55(45-48)71(49-28-10-2-11-29-49,50-30-12-3-13-31-50)51-32-14-4-15-33-51)68-63(67-61)70-59-42-23-22-41-58(59)69-60-46-56(43-44-57(60)65-64(69)70)72(52-34-16-5-17-35-52,53-36-18-6-19-37-53)54-38-20-7-21-39-54/h1-46H. The Labute approximate surface area is 419 Å². The topological polar surface area (TPSA) is 60.9 Å². The van der Waals surface area contributed by atoms with E-state index in [2.05, 4.69) is 270 Å². The minimum Gasteiger partial charge on any atom is -0.276 e. The monoisotopic (exact) mass is 954 g/mol. The number of benzene rings is 10. The molecule has 0 bridgehead atoms. The molecule has 340 valence electrons. The van der Waals surface area contributed by atoms with Crippen molar-refractivity contribution in [2.45, 2.75) is 0 Å². The van der Waals surface area contributed by atoms with E-state index in [9.17, 15) is 0 Å². The summed E-state index contributed by atoms with van der Waals surface area (Å²) in [7, 11) is -5.72. The summed E-state index contributed by atoms with van der Waals surface area (Å²) < 4.78 is 4.41. The summed E-state index contributed by atoms with van der Waals surface area (Å²) >= 11 is 0. The zero-order chi connectivity index (χ0) is 47.9. The zero-order valence-corrected chi connectivity index (χ0v) is 41.2. The van der Waals surface area contributed by atoms with Crippen LogP contribution in [-0.4, -0.2) is 45.1 Å². The molecular weight excluding hydrogens is 909 g/mol. The first kappa shape index (κ1) is 43.0. The molecule has 3 heterocycles. The van der Waals surface area contributed by atoms with Crippen molar-refractivity contribution in [3.63, 3.8) is 0 Å². The van der Waals surface area contributed by atoms with Crippen LogP contribution >= 0.6 is 0 Å². The van der Waals surface area contributed by atoms with Crippen molar-refractivity contribution in [2.24, 2.45) is 0 Å². The Kier molecular flexibility index (Phi) is 10.8. The van der Waals surface area contributed by atoms with Crippen molar-refractivity contribution in [1.29, 1.82) is 0 Å². The van der Waals surface area contributed by atoms with Crippen LogP contribution in [0.1, 0.15) is 0 Å². The minimum atomic E-state index is -2.87. The first-order valence-corrected chi connectivity index (χ1v) is 28.4. The van der Waals surface area contributed by atoms with Crippen LogP contribution in [0.15, 0.2) is 279 Å². The Morgan fingerprint density at radius 3 is 1.11 bits per heavy atom. The zero-order valence-electron chi connectivity index (χ0n) is 39.2. The molecule has 0 atom stereocenters. The van der Waals surface area contributed by atoms with Crippen molar-refractivity contribution in [3.8, 4) is 28.7 Å². The molecule has 0 amide bonds. The maximum atomic E-state index is 5.47. The van der Waals surface area contributed by atoms with Gasteiger partial charge in [-0.05, 0) is 65.8 Å². The fourth-order valence-corrected chi connectivity index (χ4v) is 20.7. The van der Waals surface area contributed by atoms with E-state index in [1.54, 1.807) is 0 Å². The van der Waals surface area contributed by atoms with E-state index in [1.165, 1.54) is 41.5 Å². The summed E-state index contributed by atoms with van der Waals surface area (Å²) in [6.45, 7) is 0. The average Bonchev–Trinajstić information content (AvgIpc) is 4.00. The Morgan fingerprint density at radius 2 is 0.639 bits per heavy atom. The van der Waals surface area contributed by atoms with Gasteiger partial charge in [0.2, 0.25) is 11.7 Å². The third kappa shape index (κ3) is 6.99. The van der Waals surface area contributed by atoms with Crippen molar-refractivity contribution in [3.05, 3.63) is 279 Å². The van der Waals surface area contributed by atoms with Gasteiger partial charge in [-0.1, -0.05) is 255 Å². The van der Waals surface area contributed by atoms with Gasteiger partial charge in [-0.2, -0.15) is 9.97 Å². The smallest absolute Gasteiger partial charge is 0.241 e. The van der Waals surface area contributed by atoms with Crippen LogP contribution in [0, 0.1) is 0 Å². The number of fused-ring (bicyclic) bond motifs is 5. The quantitative estimate of drug-likeness (QED) is 0.0963. The average molecular weight is 955 g/mol. The molecule has 0 saturated heterocycles. The van der Waals surface area contributed by atoms with Crippen LogP contribution in [0.2, 0.25) is 0 Å². The number of imidazole rings is 2. The van der Waals surface area contributed by atoms with E-state index >= 15 is 0 Å². The molecule has 0 spiro atoms. The van der Waals surface area contributed by atoms with E-state index in [0.717, 1.165) is 39.0 Å². The van der Waals surface area contributed by atoms with Crippen LogP contribution in [0.25, 0.3) is 56.6 Å². The molecule has 8 heteroatoms. The fourth-order valence-electron chi connectivity index (χ4n) is 11.2. The molecule has 72 heavy (non-hydrogen) atoms. The maximum absolute atomic E-state index is 5.47. The van der Waals surface area contributed by atoms with E-state index in [-0.39, 0.29) is 0 Å². The highest BCUT2D eigenvalue weighted by Crippen LogP contribution is 2.30. The van der Waals surface area contributed by atoms with E-state index in [4.69, 9.17) is 19.9 Å². The highest BCUT2D eigenvalue weighted by molar-refractivity contribution is 7.20. The summed E-state index contributed by atoms with van der Waals surface area (Å²) in [6, 6.07) is 101. The van der Waals surface area contributed by atoms with Crippen LogP contribution in [-0.2, 0) is 0 Å². The maximum Gasteiger partial charge on any atom is 0.241 e. The molecule has 6 nitrogen and oxygen atoms in total. The molecule has 0 N–H and O–H groups in total. The number of para-hydroxylation sites is 2. The molecule has 13 aromatic rings. The molecule has 10 aromatic carbocycles. The molecule has 13 rings (SSSR count). The molecule has 0 aliphatic carbocycles. The van der Waals surface area contributed by atoms with Gasteiger partial charge in [0.1, 0.15) is 0 Å². The predicted molar refractivity (Wildman–Crippen MR) is 301 cm³/mol. The van der Waals surface area contributed by atoms with E-state index in [1.807, 2.05) is 18.2 Å². The molecule has 0 unspecified atom stereocenters. The van der Waals surface area contributed by atoms with Gasteiger partial charge in [-0.3, -0.25) is 4.40 Å². The van der Waals surface area contributed by atoms with E-state index in [0.29, 0.717) is 17.6 Å². The molecule has 0 saturated carbocycles. The minimum absolute atomic E-state index is 0.491.